The fourth-order valence-corrected chi connectivity index (χ4v) is 1.53. The molecule has 0 aromatic heterocycles. The summed E-state index contributed by atoms with van der Waals surface area (Å²) in [6, 6.07) is 0.310. The summed E-state index contributed by atoms with van der Waals surface area (Å²) in [5, 5.41) is 3.43. The average Bonchev–Trinajstić information content (AvgIpc) is 2.14. The van der Waals surface area contributed by atoms with E-state index < -0.39 is 13.0 Å². The van der Waals surface area contributed by atoms with Crippen LogP contribution in [0.1, 0.15) is 40.5 Å². The highest BCUT2D eigenvalue weighted by molar-refractivity contribution is 4.80. The molecule has 98 valence electrons. The number of halogens is 2. The molecule has 0 spiro atoms. The van der Waals surface area contributed by atoms with Gasteiger partial charge in [-0.2, -0.15) is 0 Å². The summed E-state index contributed by atoms with van der Waals surface area (Å²) in [5.41, 5.74) is 0.128. The van der Waals surface area contributed by atoms with E-state index in [1.165, 1.54) is 0 Å². The van der Waals surface area contributed by atoms with Crippen molar-refractivity contribution in [2.24, 2.45) is 5.41 Å². The Hall–Kier alpha value is -0.220. The van der Waals surface area contributed by atoms with Crippen LogP contribution in [0.15, 0.2) is 0 Å². The van der Waals surface area contributed by atoms with Crippen molar-refractivity contribution in [3.63, 3.8) is 0 Å². The molecule has 0 amide bonds. The molecule has 0 aromatic rings. The molecular weight excluding hydrogens is 212 g/mol. The zero-order chi connectivity index (χ0) is 12.6. The molecule has 1 atom stereocenters. The van der Waals surface area contributed by atoms with Gasteiger partial charge in [0, 0.05) is 12.6 Å². The van der Waals surface area contributed by atoms with Gasteiger partial charge < -0.3 is 10.1 Å². The molecule has 4 heteroatoms. The highest BCUT2D eigenvalue weighted by Gasteiger charge is 2.23. The molecule has 0 saturated heterocycles. The summed E-state index contributed by atoms with van der Waals surface area (Å²) in [7, 11) is 0. The van der Waals surface area contributed by atoms with Gasteiger partial charge in [-0.15, -0.1) is 0 Å². The van der Waals surface area contributed by atoms with Gasteiger partial charge in [0.05, 0.1) is 0 Å². The van der Waals surface area contributed by atoms with Crippen LogP contribution in [0.3, 0.4) is 0 Å². The maximum absolute atomic E-state index is 11.9. The van der Waals surface area contributed by atoms with Gasteiger partial charge >= 0.3 is 0 Å². The first-order valence-electron chi connectivity index (χ1n) is 5.97. The molecule has 0 fully saturated rings. The number of ether oxygens (including phenoxy) is 1. The predicted octanol–water partition coefficient (Wildman–Crippen LogP) is 3.07. The van der Waals surface area contributed by atoms with Gasteiger partial charge in [-0.3, -0.25) is 0 Å². The largest absolute Gasteiger partial charge is 0.375 e. The standard InChI is InChI=1S/C12H25F2NO/c1-5-7-15-10(12(2,3)4)6-8-16-9-11(13)14/h10-11,15H,5-9H2,1-4H3. The van der Waals surface area contributed by atoms with E-state index in [1.54, 1.807) is 0 Å². The smallest absolute Gasteiger partial charge is 0.261 e. The van der Waals surface area contributed by atoms with E-state index in [0.717, 1.165) is 19.4 Å². The van der Waals surface area contributed by atoms with Crippen molar-refractivity contribution >= 4 is 0 Å². The Balaban J connectivity index is 3.84. The van der Waals surface area contributed by atoms with Gasteiger partial charge in [-0.05, 0) is 24.8 Å². The molecule has 0 rings (SSSR count). The molecule has 0 aliphatic rings. The Morgan fingerprint density at radius 1 is 1.25 bits per heavy atom. The summed E-state index contributed by atoms with van der Waals surface area (Å²) in [6.07, 6.45) is -0.516. The van der Waals surface area contributed by atoms with Gasteiger partial charge in [-0.1, -0.05) is 27.7 Å². The fraction of sp³-hybridized carbons (Fsp3) is 1.00. The van der Waals surface area contributed by atoms with E-state index in [2.05, 4.69) is 33.0 Å². The average molecular weight is 237 g/mol. The lowest BCUT2D eigenvalue weighted by Gasteiger charge is -2.31. The summed E-state index contributed by atoms with van der Waals surface area (Å²) in [6.45, 7) is 9.44. The molecule has 0 heterocycles. The highest BCUT2D eigenvalue weighted by Crippen LogP contribution is 2.21. The van der Waals surface area contributed by atoms with Crippen LogP contribution in [0, 0.1) is 5.41 Å². The molecule has 0 aliphatic heterocycles. The Morgan fingerprint density at radius 3 is 2.31 bits per heavy atom. The van der Waals surface area contributed by atoms with E-state index in [0.29, 0.717) is 12.6 Å². The summed E-state index contributed by atoms with van der Waals surface area (Å²) in [4.78, 5) is 0. The van der Waals surface area contributed by atoms with Crippen LogP contribution in [0.5, 0.6) is 0 Å². The second-order valence-corrected chi connectivity index (χ2v) is 5.13. The monoisotopic (exact) mass is 237 g/mol. The summed E-state index contributed by atoms with van der Waals surface area (Å²) >= 11 is 0. The second-order valence-electron chi connectivity index (χ2n) is 5.13. The van der Waals surface area contributed by atoms with Gasteiger partial charge in [0.15, 0.2) is 0 Å². The predicted molar refractivity (Wildman–Crippen MR) is 63.0 cm³/mol. The molecule has 0 radical (unpaired) electrons. The number of hydrogen-bond donors (Lipinski definition) is 1. The first kappa shape index (κ1) is 15.8. The minimum atomic E-state index is -2.36. The topological polar surface area (TPSA) is 21.3 Å². The number of hydrogen-bond acceptors (Lipinski definition) is 2. The summed E-state index contributed by atoms with van der Waals surface area (Å²) < 4.78 is 28.6. The van der Waals surface area contributed by atoms with Crippen molar-refractivity contribution in [3.8, 4) is 0 Å². The Labute approximate surface area is 97.7 Å². The van der Waals surface area contributed by atoms with Crippen molar-refractivity contribution in [1.29, 1.82) is 0 Å². The third-order valence-electron chi connectivity index (χ3n) is 2.48. The number of alkyl halides is 2. The first-order valence-corrected chi connectivity index (χ1v) is 5.97. The van der Waals surface area contributed by atoms with Crippen molar-refractivity contribution in [1.82, 2.24) is 5.32 Å². The maximum Gasteiger partial charge on any atom is 0.261 e. The maximum atomic E-state index is 11.9. The molecule has 0 saturated carbocycles. The van der Waals surface area contributed by atoms with E-state index >= 15 is 0 Å². The Bertz CT molecular complexity index is 169. The molecular formula is C12H25F2NO. The van der Waals surface area contributed by atoms with Crippen LogP contribution in [-0.2, 0) is 4.74 Å². The third kappa shape index (κ3) is 7.99. The van der Waals surface area contributed by atoms with E-state index in [4.69, 9.17) is 4.74 Å². The number of rotatable bonds is 8. The van der Waals surface area contributed by atoms with Crippen LogP contribution < -0.4 is 5.32 Å². The van der Waals surface area contributed by atoms with E-state index in [-0.39, 0.29) is 5.41 Å². The number of nitrogens with one attached hydrogen (secondary N) is 1. The SMILES string of the molecule is CCCNC(CCOCC(F)F)C(C)(C)C. The highest BCUT2D eigenvalue weighted by atomic mass is 19.3. The molecule has 0 bridgehead atoms. The van der Waals surface area contributed by atoms with Gasteiger partial charge in [0.2, 0.25) is 0 Å². The molecule has 1 N–H and O–H groups in total. The van der Waals surface area contributed by atoms with Crippen LogP contribution in [0.2, 0.25) is 0 Å². The minimum absolute atomic E-state index is 0.128. The van der Waals surface area contributed by atoms with Crippen LogP contribution in [0.4, 0.5) is 8.78 Å². The van der Waals surface area contributed by atoms with Gasteiger partial charge in [-0.25, -0.2) is 8.78 Å². The molecule has 0 aromatic carbocycles. The van der Waals surface area contributed by atoms with Crippen LogP contribution >= 0.6 is 0 Å². The van der Waals surface area contributed by atoms with Crippen LogP contribution in [0.25, 0.3) is 0 Å². The van der Waals surface area contributed by atoms with Crippen LogP contribution in [-0.4, -0.2) is 32.2 Å². The minimum Gasteiger partial charge on any atom is -0.375 e. The normalized spacial score (nSPS) is 14.4. The zero-order valence-electron chi connectivity index (χ0n) is 10.9. The first-order chi connectivity index (χ1) is 7.38. The van der Waals surface area contributed by atoms with E-state index in [1.807, 2.05) is 0 Å². The van der Waals surface area contributed by atoms with Crippen molar-refractivity contribution < 1.29 is 13.5 Å². The van der Waals surface area contributed by atoms with Crippen molar-refractivity contribution in [3.05, 3.63) is 0 Å². The third-order valence-corrected chi connectivity index (χ3v) is 2.48. The van der Waals surface area contributed by atoms with Gasteiger partial charge in [0.25, 0.3) is 6.43 Å². The fourth-order valence-electron chi connectivity index (χ4n) is 1.53. The van der Waals surface area contributed by atoms with Gasteiger partial charge in [0.1, 0.15) is 6.61 Å². The van der Waals surface area contributed by atoms with Crippen molar-refractivity contribution in [2.45, 2.75) is 53.0 Å². The second kappa shape index (κ2) is 7.96. The molecule has 2 nitrogen and oxygen atoms in total. The lowest BCUT2D eigenvalue weighted by molar-refractivity contribution is 0.0110. The summed E-state index contributed by atoms with van der Waals surface area (Å²) in [5.74, 6) is 0. The zero-order valence-corrected chi connectivity index (χ0v) is 10.9. The Kier molecular flexibility index (Phi) is 7.85. The lowest BCUT2D eigenvalue weighted by atomic mass is 9.85. The Morgan fingerprint density at radius 2 is 1.88 bits per heavy atom. The van der Waals surface area contributed by atoms with Crippen molar-refractivity contribution in [2.75, 3.05) is 19.8 Å². The molecule has 0 aliphatic carbocycles. The molecule has 1 unspecified atom stereocenters. The van der Waals surface area contributed by atoms with E-state index in [9.17, 15) is 8.78 Å². The lowest BCUT2D eigenvalue weighted by Crippen LogP contribution is -2.41. The quantitative estimate of drug-likeness (QED) is 0.655. The molecule has 16 heavy (non-hydrogen) atoms.